The summed E-state index contributed by atoms with van der Waals surface area (Å²) in [6.07, 6.45) is 8.59. The van der Waals surface area contributed by atoms with Crippen LogP contribution in [0.3, 0.4) is 0 Å². The van der Waals surface area contributed by atoms with E-state index in [0.29, 0.717) is 23.2 Å². The van der Waals surface area contributed by atoms with Crippen LogP contribution in [0.4, 0.5) is 5.95 Å². The fourth-order valence-corrected chi connectivity index (χ4v) is 4.16. The van der Waals surface area contributed by atoms with E-state index in [0.717, 1.165) is 51.4 Å². The van der Waals surface area contributed by atoms with Gasteiger partial charge in [0.15, 0.2) is 0 Å². The second-order valence-corrected chi connectivity index (χ2v) is 7.06. The van der Waals surface area contributed by atoms with E-state index in [2.05, 4.69) is 14.9 Å². The van der Waals surface area contributed by atoms with Gasteiger partial charge in [-0.3, -0.25) is 4.79 Å². The first-order valence-electron chi connectivity index (χ1n) is 9.07. The van der Waals surface area contributed by atoms with E-state index in [1.807, 2.05) is 17.9 Å². The molecule has 6 heteroatoms. The Kier molecular flexibility index (Phi) is 4.42. The Morgan fingerprint density at radius 1 is 1.12 bits per heavy atom. The van der Waals surface area contributed by atoms with Crippen LogP contribution in [0.25, 0.3) is 0 Å². The molecule has 0 saturated carbocycles. The minimum absolute atomic E-state index is 0.115. The summed E-state index contributed by atoms with van der Waals surface area (Å²) in [6.45, 7) is 5.58. The van der Waals surface area contributed by atoms with E-state index in [9.17, 15) is 4.79 Å². The lowest BCUT2D eigenvalue weighted by atomic mass is 9.84. The zero-order valence-electron chi connectivity index (χ0n) is 14.6. The number of amides is 1. The zero-order chi connectivity index (χ0) is 17.2. The summed E-state index contributed by atoms with van der Waals surface area (Å²) in [5.41, 5.74) is 0.705. The molecule has 0 unspecified atom stereocenters. The molecule has 4 heterocycles. The van der Waals surface area contributed by atoms with Crippen LogP contribution >= 0.6 is 0 Å². The normalized spacial score (nSPS) is 21.7. The number of anilines is 1. The summed E-state index contributed by atoms with van der Waals surface area (Å²) in [7, 11) is 0. The van der Waals surface area contributed by atoms with Crippen LogP contribution in [-0.2, 0) is 0 Å². The maximum Gasteiger partial charge on any atom is 0.257 e. The van der Waals surface area contributed by atoms with E-state index in [1.165, 1.54) is 0 Å². The summed E-state index contributed by atoms with van der Waals surface area (Å²) in [6, 6.07) is 3.63. The lowest BCUT2D eigenvalue weighted by Crippen LogP contribution is -2.38. The van der Waals surface area contributed by atoms with Gasteiger partial charge in [0.05, 0.1) is 11.8 Å². The molecule has 0 spiro atoms. The minimum Gasteiger partial charge on any atom is -0.469 e. The van der Waals surface area contributed by atoms with Crippen LogP contribution in [0.15, 0.2) is 35.2 Å². The predicted octanol–water partition coefficient (Wildman–Crippen LogP) is 2.76. The lowest BCUT2D eigenvalue weighted by molar-refractivity contribution is 0.0779. The van der Waals surface area contributed by atoms with Crippen molar-refractivity contribution in [3.8, 4) is 0 Å². The van der Waals surface area contributed by atoms with Crippen molar-refractivity contribution in [2.24, 2.45) is 11.8 Å². The number of furan rings is 1. The van der Waals surface area contributed by atoms with Gasteiger partial charge in [-0.15, -0.1) is 0 Å². The van der Waals surface area contributed by atoms with Crippen LogP contribution in [0.5, 0.6) is 0 Å². The number of rotatable bonds is 3. The standard InChI is InChI=1S/C19H24N4O2/c1-14-17(6-12-25-14)18(24)23-11-5-16(13-23)15-3-9-22(10-4-15)19-20-7-2-8-21-19/h2,6-8,12,15-16H,3-5,9-11,13H2,1H3/t16-/m0/s1. The number of likely N-dealkylation sites (tertiary alicyclic amines) is 1. The van der Waals surface area contributed by atoms with Crippen LogP contribution in [-0.4, -0.2) is 47.0 Å². The Hall–Kier alpha value is -2.37. The maximum absolute atomic E-state index is 12.6. The van der Waals surface area contributed by atoms with Crippen LogP contribution in [0.1, 0.15) is 35.4 Å². The Morgan fingerprint density at radius 3 is 2.52 bits per heavy atom. The van der Waals surface area contributed by atoms with E-state index in [1.54, 1.807) is 24.7 Å². The third kappa shape index (κ3) is 3.25. The molecule has 2 aliphatic heterocycles. The van der Waals surface area contributed by atoms with E-state index >= 15 is 0 Å². The van der Waals surface area contributed by atoms with E-state index in [4.69, 9.17) is 4.42 Å². The van der Waals surface area contributed by atoms with Crippen LogP contribution < -0.4 is 4.90 Å². The van der Waals surface area contributed by atoms with Crippen LogP contribution in [0.2, 0.25) is 0 Å². The molecule has 1 atom stereocenters. The van der Waals surface area contributed by atoms with Gasteiger partial charge in [-0.1, -0.05) is 0 Å². The molecule has 0 radical (unpaired) electrons. The van der Waals surface area contributed by atoms with Gasteiger partial charge in [0, 0.05) is 38.6 Å². The van der Waals surface area contributed by atoms with Gasteiger partial charge < -0.3 is 14.2 Å². The molecule has 1 amide bonds. The molecule has 2 saturated heterocycles. The average molecular weight is 340 g/mol. The smallest absolute Gasteiger partial charge is 0.257 e. The predicted molar refractivity (Wildman–Crippen MR) is 94.4 cm³/mol. The molecule has 0 aliphatic carbocycles. The number of hydrogen-bond donors (Lipinski definition) is 0. The van der Waals surface area contributed by atoms with Crippen molar-refractivity contribution < 1.29 is 9.21 Å². The number of nitrogens with zero attached hydrogens (tertiary/aromatic N) is 4. The monoisotopic (exact) mass is 340 g/mol. The minimum atomic E-state index is 0.115. The van der Waals surface area contributed by atoms with E-state index < -0.39 is 0 Å². The molecule has 4 rings (SSSR count). The number of carbonyl (C=O) groups excluding carboxylic acids is 1. The Morgan fingerprint density at radius 2 is 1.84 bits per heavy atom. The summed E-state index contributed by atoms with van der Waals surface area (Å²) in [5.74, 6) is 2.95. The Labute approximate surface area is 147 Å². The highest BCUT2D eigenvalue weighted by Gasteiger charge is 2.34. The summed E-state index contributed by atoms with van der Waals surface area (Å²) >= 11 is 0. The van der Waals surface area contributed by atoms with Crippen molar-refractivity contribution in [2.45, 2.75) is 26.2 Å². The molecule has 2 aromatic heterocycles. The number of hydrogen-bond acceptors (Lipinski definition) is 5. The third-order valence-corrected chi connectivity index (χ3v) is 5.64. The van der Waals surface area contributed by atoms with Crippen molar-refractivity contribution in [1.29, 1.82) is 0 Å². The maximum atomic E-state index is 12.6. The van der Waals surface area contributed by atoms with Gasteiger partial charge >= 0.3 is 0 Å². The van der Waals surface area contributed by atoms with Crippen molar-refractivity contribution in [1.82, 2.24) is 14.9 Å². The topological polar surface area (TPSA) is 62.5 Å². The second-order valence-electron chi connectivity index (χ2n) is 7.06. The number of aryl methyl sites for hydroxylation is 1. The molecule has 6 nitrogen and oxygen atoms in total. The molecule has 2 aliphatic rings. The summed E-state index contributed by atoms with van der Waals surface area (Å²) in [4.78, 5) is 25.6. The first-order chi connectivity index (χ1) is 12.2. The Bertz CT molecular complexity index is 722. The van der Waals surface area contributed by atoms with Crippen molar-refractivity contribution in [3.05, 3.63) is 42.1 Å². The SMILES string of the molecule is Cc1occc1C(=O)N1CC[C@H](C2CCN(c3ncccn3)CC2)C1. The highest BCUT2D eigenvalue weighted by molar-refractivity contribution is 5.95. The van der Waals surface area contributed by atoms with Crippen molar-refractivity contribution in [3.63, 3.8) is 0 Å². The van der Waals surface area contributed by atoms with Gasteiger partial charge in [-0.25, -0.2) is 9.97 Å². The molecule has 0 N–H and O–H groups in total. The highest BCUT2D eigenvalue weighted by Crippen LogP contribution is 2.33. The van der Waals surface area contributed by atoms with Crippen LogP contribution in [0, 0.1) is 18.8 Å². The highest BCUT2D eigenvalue weighted by atomic mass is 16.3. The molecular weight excluding hydrogens is 316 g/mol. The second kappa shape index (κ2) is 6.86. The zero-order valence-corrected chi connectivity index (χ0v) is 14.6. The molecule has 2 aromatic rings. The number of aromatic nitrogens is 2. The van der Waals surface area contributed by atoms with Gasteiger partial charge in [-0.2, -0.15) is 0 Å². The van der Waals surface area contributed by atoms with Gasteiger partial charge in [0.25, 0.3) is 5.91 Å². The number of piperidine rings is 1. The first kappa shape index (κ1) is 16.1. The largest absolute Gasteiger partial charge is 0.469 e. The summed E-state index contributed by atoms with van der Waals surface area (Å²) in [5, 5.41) is 0. The van der Waals surface area contributed by atoms with Crippen molar-refractivity contribution in [2.75, 3.05) is 31.1 Å². The molecule has 132 valence electrons. The quantitative estimate of drug-likeness (QED) is 0.860. The third-order valence-electron chi connectivity index (χ3n) is 5.64. The van der Waals surface area contributed by atoms with Gasteiger partial charge in [0.1, 0.15) is 5.76 Å². The van der Waals surface area contributed by atoms with Gasteiger partial charge in [-0.05, 0) is 50.2 Å². The lowest BCUT2D eigenvalue weighted by Gasteiger charge is -2.34. The van der Waals surface area contributed by atoms with Gasteiger partial charge in [0.2, 0.25) is 5.95 Å². The first-order valence-corrected chi connectivity index (χ1v) is 9.07. The fraction of sp³-hybridized carbons (Fsp3) is 0.526. The number of carbonyl (C=O) groups is 1. The van der Waals surface area contributed by atoms with Crippen molar-refractivity contribution >= 4 is 11.9 Å². The molecular formula is C19H24N4O2. The fourth-order valence-electron chi connectivity index (χ4n) is 4.16. The molecule has 0 bridgehead atoms. The van der Waals surface area contributed by atoms with E-state index in [-0.39, 0.29) is 5.91 Å². The summed E-state index contributed by atoms with van der Waals surface area (Å²) < 4.78 is 5.28. The molecule has 25 heavy (non-hydrogen) atoms. The molecule has 0 aromatic carbocycles. The molecule has 2 fully saturated rings. The Balaban J connectivity index is 1.33. The average Bonchev–Trinajstić information content (AvgIpc) is 3.31.